The number of hydrogen-bond donors (Lipinski definition) is 2. The lowest BCUT2D eigenvalue weighted by atomic mass is 10.1. The second-order valence-corrected chi connectivity index (χ2v) is 7.59. The fourth-order valence-corrected chi connectivity index (χ4v) is 3.95. The van der Waals surface area contributed by atoms with E-state index in [-0.39, 0.29) is 40.3 Å². The first-order valence-corrected chi connectivity index (χ1v) is 9.87. The third-order valence-corrected chi connectivity index (χ3v) is 5.57. The average molecular weight is 460 g/mol. The van der Waals surface area contributed by atoms with Crippen LogP contribution in [-0.2, 0) is 0 Å². The Balaban J connectivity index is 0.00000259. The highest BCUT2D eigenvalue weighted by Crippen LogP contribution is 2.21. The monoisotopic (exact) mass is 459 g/mol. The van der Waals surface area contributed by atoms with E-state index in [0.29, 0.717) is 22.3 Å². The Kier molecular flexibility index (Phi) is 5.28. The number of nitriles is 1. The zero-order valence-electron chi connectivity index (χ0n) is 17.7. The Labute approximate surface area is 193 Å². The fourth-order valence-electron chi connectivity index (χ4n) is 3.95. The van der Waals surface area contributed by atoms with Crippen LogP contribution in [0.5, 0.6) is 5.88 Å². The zero-order chi connectivity index (χ0) is 22.6. The van der Waals surface area contributed by atoms with E-state index >= 15 is 0 Å². The second-order valence-electron chi connectivity index (χ2n) is 7.59. The lowest BCUT2D eigenvalue weighted by molar-refractivity contribution is 0.432. The van der Waals surface area contributed by atoms with E-state index in [2.05, 4.69) is 16.2 Å². The van der Waals surface area contributed by atoms with Crippen molar-refractivity contribution in [2.45, 2.75) is 13.8 Å². The van der Waals surface area contributed by atoms with E-state index in [0.717, 1.165) is 5.56 Å². The molecular formula is C24H18ClN5O3. The minimum Gasteiger partial charge on any atom is -0.493 e. The van der Waals surface area contributed by atoms with Crippen LogP contribution >= 0.6 is 12.4 Å². The molecule has 0 aliphatic heterocycles. The number of imidazole rings is 1. The van der Waals surface area contributed by atoms with Gasteiger partial charge in [0.2, 0.25) is 5.88 Å². The number of aryl methyl sites for hydroxylation is 1. The number of pyridine rings is 1. The van der Waals surface area contributed by atoms with Crippen molar-refractivity contribution in [2.24, 2.45) is 0 Å². The topological polar surface area (TPSA) is 116 Å². The molecule has 33 heavy (non-hydrogen) atoms. The Morgan fingerprint density at radius 2 is 1.88 bits per heavy atom. The molecule has 8 nitrogen and oxygen atoms in total. The lowest BCUT2D eigenvalue weighted by Crippen LogP contribution is -2.34. The van der Waals surface area contributed by atoms with Crippen molar-refractivity contribution in [1.82, 2.24) is 19.2 Å². The minimum atomic E-state index is -0.558. The quantitative estimate of drug-likeness (QED) is 0.420. The van der Waals surface area contributed by atoms with E-state index in [1.807, 2.05) is 19.1 Å². The molecule has 0 bridgehead atoms. The van der Waals surface area contributed by atoms with E-state index in [1.165, 1.54) is 15.2 Å². The second kappa shape index (κ2) is 7.97. The van der Waals surface area contributed by atoms with Crippen molar-refractivity contribution in [3.05, 3.63) is 96.7 Å². The maximum atomic E-state index is 13.4. The number of halogens is 1. The number of benzene rings is 2. The molecule has 9 heteroatoms. The van der Waals surface area contributed by atoms with E-state index in [4.69, 9.17) is 0 Å². The van der Waals surface area contributed by atoms with Crippen molar-refractivity contribution in [3.8, 4) is 17.6 Å². The predicted octanol–water partition coefficient (Wildman–Crippen LogP) is 2.49. The summed E-state index contributed by atoms with van der Waals surface area (Å²) in [6, 6.07) is 16.5. The fraction of sp³-hybridized carbons (Fsp3) is 0.0833. The van der Waals surface area contributed by atoms with Crippen LogP contribution in [0.15, 0.2) is 58.1 Å². The molecule has 3 aromatic heterocycles. The molecule has 0 unspecified atom stereocenters. The van der Waals surface area contributed by atoms with Gasteiger partial charge >= 0.3 is 0 Å². The van der Waals surface area contributed by atoms with Gasteiger partial charge in [0.05, 0.1) is 22.3 Å². The molecule has 0 spiro atoms. The van der Waals surface area contributed by atoms with Crippen molar-refractivity contribution in [3.63, 3.8) is 0 Å². The maximum Gasteiger partial charge on any atom is 0.275 e. The third-order valence-electron chi connectivity index (χ3n) is 5.57. The van der Waals surface area contributed by atoms with Crippen molar-refractivity contribution < 1.29 is 5.11 Å². The number of nitrogens with one attached hydrogen (secondary N) is 1. The molecule has 164 valence electrons. The summed E-state index contributed by atoms with van der Waals surface area (Å²) in [6.45, 7) is 3.53. The van der Waals surface area contributed by atoms with Crippen LogP contribution in [0.4, 0.5) is 0 Å². The molecule has 0 amide bonds. The number of H-pyrrole nitrogens is 1. The molecule has 5 rings (SSSR count). The summed E-state index contributed by atoms with van der Waals surface area (Å²) in [4.78, 5) is 30.5. The van der Waals surface area contributed by atoms with Gasteiger partial charge in [-0.15, -0.1) is 12.4 Å². The molecule has 0 aliphatic rings. The standard InChI is InChI=1S/C24H17N5O3.ClH/c1-13-6-5-7-15(10-13)29-24(32)17(22(30)27-29)11-16-14(2)18(12-25)21-26-19-8-3-4-9-20(19)28(21)23(16)31;/h3-11,32H,1-2H3,(H,27,30);1H. The van der Waals surface area contributed by atoms with E-state index in [9.17, 15) is 20.0 Å². The first kappa shape index (κ1) is 21.9. The van der Waals surface area contributed by atoms with Crippen LogP contribution in [0.25, 0.3) is 28.4 Å². The number of rotatable bonds is 2. The minimum absolute atomic E-state index is 0. The summed E-state index contributed by atoms with van der Waals surface area (Å²) in [5.74, 6) is -0.325. The van der Waals surface area contributed by atoms with Crippen molar-refractivity contribution in [2.75, 3.05) is 0 Å². The molecule has 2 N–H and O–H groups in total. The van der Waals surface area contributed by atoms with Gasteiger partial charge in [-0.25, -0.2) is 9.67 Å². The molecule has 0 fully saturated rings. The molecule has 0 aliphatic carbocycles. The molecular weight excluding hydrogens is 442 g/mol. The number of aromatic amines is 1. The van der Waals surface area contributed by atoms with Crippen molar-refractivity contribution in [1.29, 1.82) is 5.26 Å². The van der Waals surface area contributed by atoms with Crippen LogP contribution in [0, 0.1) is 25.2 Å². The summed E-state index contributed by atoms with van der Waals surface area (Å²) >= 11 is 0. The van der Waals surface area contributed by atoms with Crippen LogP contribution in [0.2, 0.25) is 0 Å². The van der Waals surface area contributed by atoms with Crippen LogP contribution in [0.1, 0.15) is 22.3 Å². The number of fused-ring (bicyclic) bond motifs is 3. The Morgan fingerprint density at radius 3 is 2.61 bits per heavy atom. The third kappa shape index (κ3) is 3.26. The maximum absolute atomic E-state index is 13.4. The number of aromatic hydroxyl groups is 1. The van der Waals surface area contributed by atoms with Gasteiger partial charge < -0.3 is 5.11 Å². The van der Waals surface area contributed by atoms with Gasteiger partial charge in [0.25, 0.3) is 11.1 Å². The average Bonchev–Trinajstić information content (AvgIpc) is 3.29. The van der Waals surface area contributed by atoms with Gasteiger partial charge in [0.15, 0.2) is 5.65 Å². The lowest BCUT2D eigenvalue weighted by Gasteiger charge is -2.05. The SMILES string of the molecule is Cc1cccc(-n2[nH]c(=O)c(C=c3c(C)c(C#N)c4nc5ccccc5n4c3=O)c2O)c1.Cl. The normalized spacial score (nSPS) is 11.6. The van der Waals surface area contributed by atoms with E-state index in [1.54, 1.807) is 43.3 Å². The highest BCUT2D eigenvalue weighted by atomic mass is 35.5. The summed E-state index contributed by atoms with van der Waals surface area (Å²) in [7, 11) is 0. The van der Waals surface area contributed by atoms with Crippen molar-refractivity contribution >= 4 is 35.2 Å². The molecule has 2 aromatic carbocycles. The number of aromatic nitrogens is 4. The molecule has 0 atom stereocenters. The van der Waals surface area contributed by atoms with Crippen LogP contribution < -0.4 is 16.3 Å². The number of para-hydroxylation sites is 2. The first-order valence-electron chi connectivity index (χ1n) is 9.87. The Hall–Kier alpha value is -4.35. The van der Waals surface area contributed by atoms with Crippen LogP contribution in [-0.4, -0.2) is 24.3 Å². The molecule has 5 aromatic rings. The number of hydrogen-bond acceptors (Lipinski definition) is 5. The molecule has 0 saturated carbocycles. The molecule has 0 radical (unpaired) electrons. The first-order chi connectivity index (χ1) is 15.4. The number of nitrogens with zero attached hydrogens (tertiary/aromatic N) is 4. The van der Waals surface area contributed by atoms with Gasteiger partial charge in [-0.05, 0) is 55.3 Å². The smallest absolute Gasteiger partial charge is 0.275 e. The molecule has 0 saturated heterocycles. The van der Waals surface area contributed by atoms with Gasteiger partial charge in [-0.2, -0.15) is 5.26 Å². The zero-order valence-corrected chi connectivity index (χ0v) is 18.5. The summed E-state index contributed by atoms with van der Waals surface area (Å²) < 4.78 is 2.63. The van der Waals surface area contributed by atoms with Gasteiger partial charge in [0, 0.05) is 5.22 Å². The summed E-state index contributed by atoms with van der Waals surface area (Å²) in [5.41, 5.74) is 2.52. The Bertz CT molecular complexity index is 1770. The predicted molar refractivity (Wildman–Crippen MR) is 127 cm³/mol. The summed E-state index contributed by atoms with van der Waals surface area (Å²) in [6.07, 6.45) is 1.33. The van der Waals surface area contributed by atoms with Gasteiger partial charge in [-0.1, -0.05) is 24.3 Å². The molecule has 3 heterocycles. The van der Waals surface area contributed by atoms with Gasteiger partial charge in [0.1, 0.15) is 11.6 Å². The highest BCUT2D eigenvalue weighted by molar-refractivity contribution is 5.85. The largest absolute Gasteiger partial charge is 0.493 e. The van der Waals surface area contributed by atoms with E-state index < -0.39 is 11.1 Å². The van der Waals surface area contributed by atoms with Gasteiger partial charge in [-0.3, -0.25) is 19.1 Å². The highest BCUT2D eigenvalue weighted by Gasteiger charge is 2.18. The van der Waals surface area contributed by atoms with Crippen LogP contribution in [0.3, 0.4) is 0 Å². The summed E-state index contributed by atoms with van der Waals surface area (Å²) in [5, 5.41) is 23.3. The Morgan fingerprint density at radius 1 is 1.12 bits per heavy atom.